The number of nitrogens with one attached hydrogen (secondary N) is 1. The van der Waals surface area contributed by atoms with Gasteiger partial charge < -0.3 is 10.1 Å². The molecule has 2 aromatic carbocycles. The summed E-state index contributed by atoms with van der Waals surface area (Å²) in [6, 6.07) is 14.6. The third kappa shape index (κ3) is 4.93. The minimum atomic E-state index is -4.44. The van der Waals surface area contributed by atoms with Crippen molar-refractivity contribution in [1.82, 2.24) is 15.1 Å². The summed E-state index contributed by atoms with van der Waals surface area (Å²) in [4.78, 5) is 12.0. The second kappa shape index (κ2) is 8.38. The number of ether oxygens (including phenoxy) is 1. The van der Waals surface area contributed by atoms with E-state index in [1.807, 2.05) is 42.5 Å². The van der Waals surface area contributed by atoms with E-state index in [-0.39, 0.29) is 18.4 Å². The number of nitrogens with zero attached hydrogens (tertiary/aromatic N) is 2. The lowest BCUT2D eigenvalue weighted by Gasteiger charge is -2.09. The first-order valence-electron chi connectivity index (χ1n) is 9.93. The fourth-order valence-electron chi connectivity index (χ4n) is 3.37. The number of rotatable bonds is 8. The zero-order valence-corrected chi connectivity index (χ0v) is 16.3. The Labute approximate surface area is 171 Å². The first kappa shape index (κ1) is 20.3. The van der Waals surface area contributed by atoms with Gasteiger partial charge >= 0.3 is 6.18 Å². The third-order valence-corrected chi connectivity index (χ3v) is 5.06. The predicted molar refractivity (Wildman–Crippen MR) is 106 cm³/mol. The SMILES string of the molecule is O=C(COc1ccc2ccccc2c1)NCCCn1nc(C(F)(F)F)cc1C1CC1. The molecule has 0 saturated heterocycles. The van der Waals surface area contributed by atoms with E-state index in [2.05, 4.69) is 10.4 Å². The first-order valence-corrected chi connectivity index (χ1v) is 9.93. The van der Waals surface area contributed by atoms with Crippen LogP contribution in [0.2, 0.25) is 0 Å². The van der Waals surface area contributed by atoms with Crippen LogP contribution in [0.15, 0.2) is 48.5 Å². The van der Waals surface area contributed by atoms with E-state index in [0.29, 0.717) is 31.0 Å². The molecule has 0 radical (unpaired) electrons. The van der Waals surface area contributed by atoms with Crippen LogP contribution in [0, 0.1) is 0 Å². The van der Waals surface area contributed by atoms with Gasteiger partial charge in [-0.1, -0.05) is 30.3 Å². The summed E-state index contributed by atoms with van der Waals surface area (Å²) < 4.78 is 45.7. The number of aromatic nitrogens is 2. The van der Waals surface area contributed by atoms with Gasteiger partial charge in [-0.25, -0.2) is 0 Å². The molecule has 0 aliphatic heterocycles. The van der Waals surface area contributed by atoms with Crippen LogP contribution in [0.5, 0.6) is 5.75 Å². The zero-order chi connectivity index (χ0) is 21.1. The van der Waals surface area contributed by atoms with E-state index in [0.717, 1.165) is 29.7 Å². The molecule has 1 aromatic heterocycles. The molecule has 1 saturated carbocycles. The second-order valence-corrected chi connectivity index (χ2v) is 7.45. The number of carbonyl (C=O) groups excluding carboxylic acids is 1. The number of halogens is 3. The topological polar surface area (TPSA) is 56.1 Å². The number of hydrogen-bond donors (Lipinski definition) is 1. The highest BCUT2D eigenvalue weighted by Crippen LogP contribution is 2.42. The summed E-state index contributed by atoms with van der Waals surface area (Å²) in [5.41, 5.74) is -0.217. The summed E-state index contributed by atoms with van der Waals surface area (Å²) in [7, 11) is 0. The van der Waals surface area contributed by atoms with Crippen molar-refractivity contribution in [2.45, 2.75) is 37.9 Å². The Morgan fingerprint density at radius 2 is 1.90 bits per heavy atom. The Morgan fingerprint density at radius 3 is 2.63 bits per heavy atom. The maximum Gasteiger partial charge on any atom is 0.435 e. The number of alkyl halides is 3. The quantitative estimate of drug-likeness (QED) is 0.549. The van der Waals surface area contributed by atoms with Crippen LogP contribution < -0.4 is 10.1 Å². The molecule has 1 aliphatic carbocycles. The van der Waals surface area contributed by atoms with Crippen molar-refractivity contribution in [3.05, 3.63) is 59.9 Å². The lowest BCUT2D eigenvalue weighted by atomic mass is 10.1. The van der Waals surface area contributed by atoms with Gasteiger partial charge in [-0.15, -0.1) is 0 Å². The Morgan fingerprint density at radius 1 is 1.13 bits per heavy atom. The molecule has 5 nitrogen and oxygen atoms in total. The van der Waals surface area contributed by atoms with E-state index in [9.17, 15) is 18.0 Å². The summed E-state index contributed by atoms with van der Waals surface area (Å²) in [6.07, 6.45) is -2.17. The molecule has 8 heteroatoms. The van der Waals surface area contributed by atoms with Gasteiger partial charge in [0.1, 0.15) is 5.75 Å². The summed E-state index contributed by atoms with van der Waals surface area (Å²) in [5.74, 6) is 0.495. The minimum Gasteiger partial charge on any atom is -0.484 e. The van der Waals surface area contributed by atoms with Gasteiger partial charge in [0.2, 0.25) is 0 Å². The normalized spacial score (nSPS) is 14.1. The third-order valence-electron chi connectivity index (χ3n) is 5.06. The number of hydrogen-bond acceptors (Lipinski definition) is 3. The summed E-state index contributed by atoms with van der Waals surface area (Å²) in [5, 5.41) is 8.57. The van der Waals surface area contributed by atoms with E-state index in [4.69, 9.17) is 4.74 Å². The van der Waals surface area contributed by atoms with Gasteiger partial charge in [0.25, 0.3) is 5.91 Å². The van der Waals surface area contributed by atoms with Crippen LogP contribution >= 0.6 is 0 Å². The Balaban J connectivity index is 1.23. The van der Waals surface area contributed by atoms with Gasteiger partial charge in [-0.05, 0) is 48.2 Å². The predicted octanol–water partition coefficient (Wildman–Crippen LogP) is 4.52. The van der Waals surface area contributed by atoms with Crippen LogP contribution in [-0.2, 0) is 17.5 Å². The van der Waals surface area contributed by atoms with Crippen LogP contribution in [0.25, 0.3) is 10.8 Å². The van der Waals surface area contributed by atoms with Crippen molar-refractivity contribution < 1.29 is 22.7 Å². The van der Waals surface area contributed by atoms with E-state index < -0.39 is 11.9 Å². The van der Waals surface area contributed by atoms with Crippen LogP contribution in [0.1, 0.15) is 36.6 Å². The highest BCUT2D eigenvalue weighted by Gasteiger charge is 2.37. The maximum atomic E-state index is 12.9. The monoisotopic (exact) mass is 417 g/mol. The molecule has 0 spiro atoms. The van der Waals surface area contributed by atoms with Gasteiger partial charge in [0.15, 0.2) is 12.3 Å². The van der Waals surface area contributed by atoms with Crippen molar-refractivity contribution in [3.8, 4) is 5.75 Å². The molecule has 30 heavy (non-hydrogen) atoms. The van der Waals surface area contributed by atoms with E-state index in [1.54, 1.807) is 0 Å². The molecule has 1 fully saturated rings. The lowest BCUT2D eigenvalue weighted by molar-refractivity contribution is -0.141. The average molecular weight is 417 g/mol. The molecule has 4 rings (SSSR count). The Bertz CT molecular complexity index is 1040. The summed E-state index contributed by atoms with van der Waals surface area (Å²) in [6.45, 7) is 0.546. The van der Waals surface area contributed by atoms with Crippen molar-refractivity contribution in [3.63, 3.8) is 0 Å². The number of amides is 1. The second-order valence-electron chi connectivity index (χ2n) is 7.45. The Hall–Kier alpha value is -3.03. The first-order chi connectivity index (χ1) is 14.4. The number of carbonyl (C=O) groups is 1. The van der Waals surface area contributed by atoms with Crippen LogP contribution in [-0.4, -0.2) is 28.8 Å². The van der Waals surface area contributed by atoms with E-state index >= 15 is 0 Å². The highest BCUT2D eigenvalue weighted by atomic mass is 19.4. The maximum absolute atomic E-state index is 12.9. The average Bonchev–Trinajstić information content (AvgIpc) is 3.47. The standard InChI is InChI=1S/C22H22F3N3O2/c23-22(24,25)20-13-19(16-6-7-16)28(27-20)11-3-10-26-21(29)14-30-18-9-8-15-4-1-2-5-17(15)12-18/h1-2,4-5,8-9,12-13,16H,3,6-7,10-11,14H2,(H,26,29). The number of fused-ring (bicyclic) bond motifs is 1. The van der Waals surface area contributed by atoms with Crippen molar-refractivity contribution in [1.29, 1.82) is 0 Å². The van der Waals surface area contributed by atoms with Crippen LogP contribution in [0.4, 0.5) is 13.2 Å². The molecular formula is C22H22F3N3O2. The van der Waals surface area contributed by atoms with Crippen molar-refractivity contribution >= 4 is 16.7 Å². The largest absolute Gasteiger partial charge is 0.484 e. The fraction of sp³-hybridized carbons (Fsp3) is 0.364. The molecule has 0 atom stereocenters. The molecule has 0 unspecified atom stereocenters. The van der Waals surface area contributed by atoms with Gasteiger partial charge in [-0.2, -0.15) is 18.3 Å². The Kier molecular flexibility index (Phi) is 5.65. The van der Waals surface area contributed by atoms with Gasteiger partial charge in [0, 0.05) is 24.7 Å². The molecule has 1 heterocycles. The molecule has 0 bridgehead atoms. The lowest BCUT2D eigenvalue weighted by Crippen LogP contribution is -2.30. The van der Waals surface area contributed by atoms with Crippen LogP contribution in [0.3, 0.4) is 0 Å². The van der Waals surface area contributed by atoms with Gasteiger partial charge in [0.05, 0.1) is 0 Å². The molecule has 3 aromatic rings. The molecule has 158 valence electrons. The molecular weight excluding hydrogens is 395 g/mol. The zero-order valence-electron chi connectivity index (χ0n) is 16.3. The highest BCUT2D eigenvalue weighted by molar-refractivity contribution is 5.84. The number of benzene rings is 2. The fourth-order valence-corrected chi connectivity index (χ4v) is 3.37. The van der Waals surface area contributed by atoms with E-state index in [1.165, 1.54) is 4.68 Å². The molecule has 1 amide bonds. The smallest absolute Gasteiger partial charge is 0.435 e. The van der Waals surface area contributed by atoms with Gasteiger partial charge in [-0.3, -0.25) is 9.48 Å². The molecule has 1 N–H and O–H groups in total. The van der Waals surface area contributed by atoms with Crippen molar-refractivity contribution in [2.75, 3.05) is 13.2 Å². The summed E-state index contributed by atoms with van der Waals surface area (Å²) >= 11 is 0. The van der Waals surface area contributed by atoms with Crippen molar-refractivity contribution in [2.24, 2.45) is 0 Å². The molecule has 1 aliphatic rings. The minimum absolute atomic E-state index is 0.119. The number of aryl methyl sites for hydroxylation is 1.